The summed E-state index contributed by atoms with van der Waals surface area (Å²) in [5.41, 5.74) is 2.93. The highest BCUT2D eigenvalue weighted by molar-refractivity contribution is 5.30. The zero-order valence-corrected chi connectivity index (χ0v) is 10.8. The second kappa shape index (κ2) is 5.39. The van der Waals surface area contributed by atoms with Gasteiger partial charge in [0.1, 0.15) is 0 Å². The SMILES string of the molecule is OCC(CCN1Cc2ccccc2C1)NC1CC1. The number of rotatable bonds is 6. The Morgan fingerprint density at radius 1 is 1.22 bits per heavy atom. The molecule has 1 aromatic rings. The summed E-state index contributed by atoms with van der Waals surface area (Å²) in [4.78, 5) is 2.47. The van der Waals surface area contributed by atoms with Gasteiger partial charge in [-0.3, -0.25) is 4.90 Å². The molecule has 18 heavy (non-hydrogen) atoms. The monoisotopic (exact) mass is 246 g/mol. The third-order valence-corrected chi connectivity index (χ3v) is 3.97. The summed E-state index contributed by atoms with van der Waals surface area (Å²) in [5.74, 6) is 0. The number of hydrogen-bond acceptors (Lipinski definition) is 3. The molecule has 1 aliphatic carbocycles. The normalized spacial score (nSPS) is 20.9. The lowest BCUT2D eigenvalue weighted by Crippen LogP contribution is -2.37. The van der Waals surface area contributed by atoms with Crippen LogP contribution in [0.15, 0.2) is 24.3 Å². The van der Waals surface area contributed by atoms with E-state index >= 15 is 0 Å². The fourth-order valence-electron chi connectivity index (χ4n) is 2.71. The van der Waals surface area contributed by atoms with Crippen molar-refractivity contribution in [3.63, 3.8) is 0 Å². The summed E-state index contributed by atoms with van der Waals surface area (Å²) >= 11 is 0. The second-order valence-electron chi connectivity index (χ2n) is 5.59. The third kappa shape index (κ3) is 2.91. The van der Waals surface area contributed by atoms with Crippen molar-refractivity contribution in [3.05, 3.63) is 35.4 Å². The highest BCUT2D eigenvalue weighted by atomic mass is 16.3. The van der Waals surface area contributed by atoms with E-state index in [0.29, 0.717) is 6.04 Å². The maximum Gasteiger partial charge on any atom is 0.0585 e. The fraction of sp³-hybridized carbons (Fsp3) is 0.600. The van der Waals surface area contributed by atoms with Crippen molar-refractivity contribution < 1.29 is 5.11 Å². The Kier molecular flexibility index (Phi) is 3.64. The van der Waals surface area contributed by atoms with Gasteiger partial charge in [-0.25, -0.2) is 0 Å². The van der Waals surface area contributed by atoms with Crippen LogP contribution in [-0.2, 0) is 13.1 Å². The quantitative estimate of drug-likeness (QED) is 0.798. The van der Waals surface area contributed by atoms with Gasteiger partial charge in [0.05, 0.1) is 6.61 Å². The van der Waals surface area contributed by atoms with E-state index in [-0.39, 0.29) is 12.6 Å². The van der Waals surface area contributed by atoms with Crippen LogP contribution >= 0.6 is 0 Å². The maximum absolute atomic E-state index is 9.37. The number of fused-ring (bicyclic) bond motifs is 1. The largest absolute Gasteiger partial charge is 0.395 e. The van der Waals surface area contributed by atoms with Gasteiger partial charge in [0.15, 0.2) is 0 Å². The van der Waals surface area contributed by atoms with Gasteiger partial charge in [-0.2, -0.15) is 0 Å². The number of benzene rings is 1. The Labute approximate surface area is 109 Å². The Morgan fingerprint density at radius 2 is 1.89 bits per heavy atom. The first-order valence-corrected chi connectivity index (χ1v) is 7.01. The molecule has 1 heterocycles. The number of hydrogen-bond donors (Lipinski definition) is 2. The standard InChI is InChI=1S/C15H22N2O/c18-11-15(16-14-5-6-14)7-8-17-9-12-3-1-2-4-13(12)10-17/h1-4,14-16,18H,5-11H2. The molecule has 0 saturated heterocycles. The number of aliphatic hydroxyl groups is 1. The van der Waals surface area contributed by atoms with E-state index in [0.717, 1.165) is 26.1 Å². The van der Waals surface area contributed by atoms with Gasteiger partial charge in [-0.1, -0.05) is 24.3 Å². The molecule has 1 fully saturated rings. The molecule has 98 valence electrons. The summed E-state index contributed by atoms with van der Waals surface area (Å²) in [5, 5.41) is 12.9. The molecule has 1 saturated carbocycles. The van der Waals surface area contributed by atoms with Crippen LogP contribution in [0.2, 0.25) is 0 Å². The Morgan fingerprint density at radius 3 is 2.44 bits per heavy atom. The molecular formula is C15H22N2O. The van der Waals surface area contributed by atoms with Gasteiger partial charge in [0.25, 0.3) is 0 Å². The average Bonchev–Trinajstić information content (AvgIpc) is 3.11. The van der Waals surface area contributed by atoms with Gasteiger partial charge in [0, 0.05) is 31.7 Å². The van der Waals surface area contributed by atoms with Crippen molar-refractivity contribution in [2.24, 2.45) is 0 Å². The molecule has 1 aromatic carbocycles. The molecule has 2 N–H and O–H groups in total. The van der Waals surface area contributed by atoms with E-state index in [1.54, 1.807) is 0 Å². The van der Waals surface area contributed by atoms with E-state index in [2.05, 4.69) is 34.5 Å². The number of aliphatic hydroxyl groups excluding tert-OH is 1. The number of nitrogens with zero attached hydrogens (tertiary/aromatic N) is 1. The average molecular weight is 246 g/mol. The van der Waals surface area contributed by atoms with Crippen LogP contribution in [0.5, 0.6) is 0 Å². The Balaban J connectivity index is 1.46. The van der Waals surface area contributed by atoms with Crippen molar-refractivity contribution in [2.45, 2.75) is 44.4 Å². The smallest absolute Gasteiger partial charge is 0.0585 e. The first kappa shape index (κ1) is 12.2. The minimum Gasteiger partial charge on any atom is -0.395 e. The van der Waals surface area contributed by atoms with E-state index in [4.69, 9.17) is 0 Å². The fourth-order valence-corrected chi connectivity index (χ4v) is 2.71. The lowest BCUT2D eigenvalue weighted by Gasteiger charge is -2.20. The maximum atomic E-state index is 9.37. The van der Waals surface area contributed by atoms with Crippen LogP contribution in [-0.4, -0.2) is 35.2 Å². The molecule has 1 aliphatic heterocycles. The minimum absolute atomic E-state index is 0.261. The zero-order chi connectivity index (χ0) is 12.4. The molecule has 1 atom stereocenters. The van der Waals surface area contributed by atoms with Crippen molar-refractivity contribution in [1.29, 1.82) is 0 Å². The van der Waals surface area contributed by atoms with Crippen molar-refractivity contribution in [1.82, 2.24) is 10.2 Å². The summed E-state index contributed by atoms with van der Waals surface area (Å²) < 4.78 is 0. The number of nitrogens with one attached hydrogen (secondary N) is 1. The predicted octanol–water partition coefficient (Wildman–Crippen LogP) is 1.51. The van der Waals surface area contributed by atoms with E-state index in [1.807, 2.05) is 0 Å². The van der Waals surface area contributed by atoms with Crippen LogP contribution in [0.3, 0.4) is 0 Å². The Bertz CT molecular complexity index is 378. The first-order valence-electron chi connectivity index (χ1n) is 7.01. The Hall–Kier alpha value is -0.900. The van der Waals surface area contributed by atoms with Gasteiger partial charge < -0.3 is 10.4 Å². The molecule has 0 radical (unpaired) electrons. The molecule has 3 heteroatoms. The minimum atomic E-state index is 0.261. The zero-order valence-electron chi connectivity index (χ0n) is 10.8. The molecule has 0 amide bonds. The van der Waals surface area contributed by atoms with Crippen molar-refractivity contribution in [3.8, 4) is 0 Å². The second-order valence-corrected chi connectivity index (χ2v) is 5.59. The molecule has 2 aliphatic rings. The van der Waals surface area contributed by atoms with Crippen molar-refractivity contribution in [2.75, 3.05) is 13.2 Å². The van der Waals surface area contributed by atoms with E-state index in [1.165, 1.54) is 24.0 Å². The van der Waals surface area contributed by atoms with Gasteiger partial charge >= 0.3 is 0 Å². The van der Waals surface area contributed by atoms with Crippen LogP contribution < -0.4 is 5.32 Å². The highest BCUT2D eigenvalue weighted by Crippen LogP contribution is 2.23. The van der Waals surface area contributed by atoms with E-state index < -0.39 is 0 Å². The molecule has 0 spiro atoms. The molecule has 3 rings (SSSR count). The summed E-state index contributed by atoms with van der Waals surface area (Å²) in [6.45, 7) is 3.46. The van der Waals surface area contributed by atoms with Crippen LogP contribution in [0, 0.1) is 0 Å². The van der Waals surface area contributed by atoms with Crippen LogP contribution in [0.25, 0.3) is 0 Å². The lowest BCUT2D eigenvalue weighted by molar-refractivity contribution is 0.205. The van der Waals surface area contributed by atoms with Crippen LogP contribution in [0.4, 0.5) is 0 Å². The van der Waals surface area contributed by atoms with Gasteiger partial charge in [-0.15, -0.1) is 0 Å². The summed E-state index contributed by atoms with van der Waals surface area (Å²) in [6, 6.07) is 9.64. The highest BCUT2D eigenvalue weighted by Gasteiger charge is 2.25. The molecule has 3 nitrogen and oxygen atoms in total. The molecule has 0 aromatic heterocycles. The molecule has 1 unspecified atom stereocenters. The lowest BCUT2D eigenvalue weighted by atomic mass is 10.1. The summed E-state index contributed by atoms with van der Waals surface area (Å²) in [6.07, 6.45) is 3.61. The predicted molar refractivity (Wildman–Crippen MR) is 72.2 cm³/mol. The van der Waals surface area contributed by atoms with Gasteiger partial charge in [-0.05, 0) is 30.4 Å². The third-order valence-electron chi connectivity index (χ3n) is 3.97. The first-order chi connectivity index (χ1) is 8.85. The van der Waals surface area contributed by atoms with Crippen molar-refractivity contribution >= 4 is 0 Å². The van der Waals surface area contributed by atoms with Crippen LogP contribution in [0.1, 0.15) is 30.4 Å². The molecular weight excluding hydrogens is 224 g/mol. The summed E-state index contributed by atoms with van der Waals surface area (Å²) in [7, 11) is 0. The van der Waals surface area contributed by atoms with E-state index in [9.17, 15) is 5.11 Å². The molecule has 0 bridgehead atoms. The van der Waals surface area contributed by atoms with Gasteiger partial charge in [0.2, 0.25) is 0 Å². The topological polar surface area (TPSA) is 35.5 Å².